The third-order valence-corrected chi connectivity index (χ3v) is 4.19. The maximum atomic E-state index is 11.6. The summed E-state index contributed by atoms with van der Waals surface area (Å²) in [5.41, 5.74) is 7.43. The van der Waals surface area contributed by atoms with E-state index < -0.39 is 0 Å². The molecule has 1 aromatic heterocycles. The second-order valence-corrected chi connectivity index (χ2v) is 5.61. The number of rotatable bonds is 3. The van der Waals surface area contributed by atoms with Gasteiger partial charge in [-0.2, -0.15) is 0 Å². The number of amides is 1. The number of hydrogen-bond acceptors (Lipinski definition) is 4. The van der Waals surface area contributed by atoms with E-state index in [1.165, 1.54) is 0 Å². The van der Waals surface area contributed by atoms with E-state index >= 15 is 0 Å². The largest absolute Gasteiger partial charge is 0.368 e. The highest BCUT2D eigenvalue weighted by atomic mass is 35.5. The molecule has 1 amide bonds. The standard InChI is InChI=1S/C15H17ClN4O/c16-12-4-3-10(14-11(12)2-1-5-19-14)9-20-7-6-18-8-13(20)15(17)21/h1-5,13,18H,6-9H2,(H2,17,21). The van der Waals surface area contributed by atoms with Gasteiger partial charge in [0.1, 0.15) is 6.04 Å². The minimum atomic E-state index is -0.298. The lowest BCUT2D eigenvalue weighted by Crippen LogP contribution is -2.56. The van der Waals surface area contributed by atoms with E-state index in [9.17, 15) is 4.79 Å². The third kappa shape index (κ3) is 2.85. The Morgan fingerprint density at radius 2 is 2.33 bits per heavy atom. The van der Waals surface area contributed by atoms with Gasteiger partial charge in [0.2, 0.25) is 5.91 Å². The number of hydrogen-bond donors (Lipinski definition) is 2. The quantitative estimate of drug-likeness (QED) is 0.892. The number of fused-ring (bicyclic) bond motifs is 1. The number of piperazine rings is 1. The molecule has 1 atom stereocenters. The molecule has 1 unspecified atom stereocenters. The maximum absolute atomic E-state index is 11.6. The zero-order valence-electron chi connectivity index (χ0n) is 11.6. The van der Waals surface area contributed by atoms with Crippen LogP contribution in [0.15, 0.2) is 30.5 Å². The van der Waals surface area contributed by atoms with Gasteiger partial charge in [-0.1, -0.05) is 17.7 Å². The Bertz CT molecular complexity index is 676. The minimum Gasteiger partial charge on any atom is -0.368 e. The van der Waals surface area contributed by atoms with Crippen molar-refractivity contribution in [3.05, 3.63) is 41.0 Å². The highest BCUT2D eigenvalue weighted by Gasteiger charge is 2.27. The van der Waals surface area contributed by atoms with Crippen LogP contribution in [0.5, 0.6) is 0 Å². The van der Waals surface area contributed by atoms with Gasteiger partial charge >= 0.3 is 0 Å². The Morgan fingerprint density at radius 3 is 3.14 bits per heavy atom. The van der Waals surface area contributed by atoms with E-state index in [-0.39, 0.29) is 11.9 Å². The van der Waals surface area contributed by atoms with Gasteiger partial charge in [-0.15, -0.1) is 0 Å². The normalized spacial score (nSPS) is 19.8. The molecule has 1 aliphatic heterocycles. The van der Waals surface area contributed by atoms with Crippen molar-refractivity contribution in [3.8, 4) is 0 Å². The van der Waals surface area contributed by atoms with Crippen molar-refractivity contribution in [1.82, 2.24) is 15.2 Å². The molecule has 2 aromatic rings. The summed E-state index contributed by atoms with van der Waals surface area (Å²) >= 11 is 6.21. The number of carbonyl (C=O) groups excluding carboxylic acids is 1. The summed E-state index contributed by atoms with van der Waals surface area (Å²) in [5.74, 6) is -0.298. The Morgan fingerprint density at radius 1 is 1.48 bits per heavy atom. The molecule has 3 rings (SSSR count). The summed E-state index contributed by atoms with van der Waals surface area (Å²) in [6, 6.07) is 7.39. The van der Waals surface area contributed by atoms with Crippen LogP contribution in [0.2, 0.25) is 5.02 Å². The van der Waals surface area contributed by atoms with Crippen LogP contribution in [0.3, 0.4) is 0 Å². The van der Waals surface area contributed by atoms with Crippen molar-refractivity contribution in [3.63, 3.8) is 0 Å². The summed E-state index contributed by atoms with van der Waals surface area (Å²) < 4.78 is 0. The zero-order chi connectivity index (χ0) is 14.8. The maximum Gasteiger partial charge on any atom is 0.236 e. The molecule has 0 spiro atoms. The zero-order valence-corrected chi connectivity index (χ0v) is 12.3. The second kappa shape index (κ2) is 5.97. The molecule has 0 aliphatic carbocycles. The average molecular weight is 305 g/mol. The molecular weight excluding hydrogens is 288 g/mol. The molecule has 1 aromatic carbocycles. The lowest BCUT2D eigenvalue weighted by molar-refractivity contribution is -0.124. The van der Waals surface area contributed by atoms with Crippen LogP contribution < -0.4 is 11.1 Å². The van der Waals surface area contributed by atoms with Crippen molar-refractivity contribution in [2.45, 2.75) is 12.6 Å². The highest BCUT2D eigenvalue weighted by Crippen LogP contribution is 2.26. The molecule has 0 radical (unpaired) electrons. The Kier molecular flexibility index (Phi) is 4.05. The molecule has 1 fully saturated rings. The summed E-state index contributed by atoms with van der Waals surface area (Å²) in [7, 11) is 0. The van der Waals surface area contributed by atoms with Crippen LogP contribution >= 0.6 is 11.6 Å². The van der Waals surface area contributed by atoms with Crippen molar-refractivity contribution in [2.75, 3.05) is 19.6 Å². The molecule has 3 N–H and O–H groups in total. The van der Waals surface area contributed by atoms with Crippen LogP contribution in [0.1, 0.15) is 5.56 Å². The van der Waals surface area contributed by atoms with E-state index in [1.54, 1.807) is 6.20 Å². The molecule has 0 saturated carbocycles. The number of carbonyl (C=O) groups is 1. The van der Waals surface area contributed by atoms with Crippen molar-refractivity contribution in [2.24, 2.45) is 5.73 Å². The molecule has 6 heteroatoms. The first-order chi connectivity index (χ1) is 10.2. The van der Waals surface area contributed by atoms with E-state index in [4.69, 9.17) is 17.3 Å². The molecule has 2 heterocycles. The van der Waals surface area contributed by atoms with Crippen molar-refractivity contribution < 1.29 is 4.79 Å². The van der Waals surface area contributed by atoms with Gasteiger partial charge < -0.3 is 11.1 Å². The van der Waals surface area contributed by atoms with Crippen LogP contribution in [0, 0.1) is 0 Å². The molecule has 1 aliphatic rings. The summed E-state index contributed by atoms with van der Waals surface area (Å²) in [6.45, 7) is 2.86. The topological polar surface area (TPSA) is 71.2 Å². The number of primary amides is 1. The number of nitrogens with zero attached hydrogens (tertiary/aromatic N) is 2. The van der Waals surface area contributed by atoms with E-state index in [0.29, 0.717) is 18.1 Å². The first kappa shape index (κ1) is 14.3. The van der Waals surface area contributed by atoms with Gasteiger partial charge in [0.25, 0.3) is 0 Å². The predicted octanol–water partition coefficient (Wildman–Crippen LogP) is 1.15. The Hall–Kier alpha value is -1.69. The summed E-state index contributed by atoms with van der Waals surface area (Å²) in [4.78, 5) is 18.1. The van der Waals surface area contributed by atoms with Gasteiger partial charge in [-0.05, 0) is 23.8 Å². The second-order valence-electron chi connectivity index (χ2n) is 5.20. The lowest BCUT2D eigenvalue weighted by Gasteiger charge is -2.34. The molecule has 0 bridgehead atoms. The summed E-state index contributed by atoms with van der Waals surface area (Å²) in [6.07, 6.45) is 1.76. The molecule has 21 heavy (non-hydrogen) atoms. The number of benzene rings is 1. The Balaban J connectivity index is 1.94. The first-order valence-corrected chi connectivity index (χ1v) is 7.31. The molecule has 1 saturated heterocycles. The average Bonchev–Trinajstić information content (AvgIpc) is 2.51. The summed E-state index contributed by atoms with van der Waals surface area (Å²) in [5, 5.41) is 4.82. The fourth-order valence-electron chi connectivity index (χ4n) is 2.76. The smallest absolute Gasteiger partial charge is 0.236 e. The molecule has 5 nitrogen and oxygen atoms in total. The fraction of sp³-hybridized carbons (Fsp3) is 0.333. The van der Waals surface area contributed by atoms with Gasteiger partial charge in [-0.3, -0.25) is 14.7 Å². The van der Waals surface area contributed by atoms with Crippen LogP contribution in [0.4, 0.5) is 0 Å². The number of nitrogens with two attached hydrogens (primary N) is 1. The van der Waals surface area contributed by atoms with Gasteiger partial charge in [0.05, 0.1) is 5.52 Å². The van der Waals surface area contributed by atoms with Crippen LogP contribution in [0.25, 0.3) is 10.9 Å². The van der Waals surface area contributed by atoms with E-state index in [2.05, 4.69) is 15.2 Å². The van der Waals surface area contributed by atoms with E-state index in [0.717, 1.165) is 29.6 Å². The van der Waals surface area contributed by atoms with Crippen molar-refractivity contribution >= 4 is 28.4 Å². The molecular formula is C15H17ClN4O. The van der Waals surface area contributed by atoms with Crippen molar-refractivity contribution in [1.29, 1.82) is 0 Å². The fourth-order valence-corrected chi connectivity index (χ4v) is 2.97. The monoisotopic (exact) mass is 304 g/mol. The number of aromatic nitrogens is 1. The van der Waals surface area contributed by atoms with Crippen LogP contribution in [-0.4, -0.2) is 41.5 Å². The van der Waals surface area contributed by atoms with E-state index in [1.807, 2.05) is 24.3 Å². The third-order valence-electron chi connectivity index (χ3n) is 3.86. The predicted molar refractivity (Wildman–Crippen MR) is 83.0 cm³/mol. The van der Waals surface area contributed by atoms with Gasteiger partial charge in [0, 0.05) is 42.8 Å². The number of halogens is 1. The molecule has 110 valence electrons. The lowest BCUT2D eigenvalue weighted by atomic mass is 10.1. The first-order valence-electron chi connectivity index (χ1n) is 6.93. The van der Waals surface area contributed by atoms with Gasteiger partial charge in [-0.25, -0.2) is 0 Å². The number of pyridine rings is 1. The van der Waals surface area contributed by atoms with Crippen LogP contribution in [-0.2, 0) is 11.3 Å². The highest BCUT2D eigenvalue weighted by molar-refractivity contribution is 6.35. The SMILES string of the molecule is NC(=O)C1CNCCN1Cc1ccc(Cl)c2cccnc12. The Labute approximate surface area is 128 Å². The minimum absolute atomic E-state index is 0.284. The number of nitrogens with one attached hydrogen (secondary N) is 1. The van der Waals surface area contributed by atoms with Gasteiger partial charge in [0.15, 0.2) is 0 Å².